The van der Waals surface area contributed by atoms with Crippen molar-refractivity contribution in [3.05, 3.63) is 29.3 Å². The number of hydrogen-bond acceptors (Lipinski definition) is 4. The Balaban J connectivity index is 1.71. The van der Waals surface area contributed by atoms with Crippen LogP contribution < -0.4 is 10.6 Å². The molecule has 2 aliphatic rings. The Hall–Kier alpha value is -2.41. The third-order valence-electron chi connectivity index (χ3n) is 6.52. The lowest BCUT2D eigenvalue weighted by atomic mass is 9.87. The molecular formula is C25H38N4O3. The third kappa shape index (κ3) is 4.98. The van der Waals surface area contributed by atoms with E-state index in [-0.39, 0.29) is 30.2 Å². The van der Waals surface area contributed by atoms with Crippen LogP contribution in [0.15, 0.2) is 18.2 Å². The maximum Gasteiger partial charge on any atom is 0.325 e. The SMILES string of the molecule is CC(C)CN1CCC2(CC1)NC(=O)N(CC(=O)Nc1c(C(C)C)cccc1C(C)C)C2=O. The van der Waals surface area contributed by atoms with Crippen molar-refractivity contribution >= 4 is 23.5 Å². The molecule has 0 aromatic heterocycles. The van der Waals surface area contributed by atoms with Crippen LogP contribution in [0.5, 0.6) is 0 Å². The minimum absolute atomic E-state index is 0.236. The van der Waals surface area contributed by atoms with Gasteiger partial charge in [-0.2, -0.15) is 0 Å². The summed E-state index contributed by atoms with van der Waals surface area (Å²) in [4.78, 5) is 42.2. The lowest BCUT2D eigenvalue weighted by Gasteiger charge is -2.37. The number of para-hydroxylation sites is 1. The van der Waals surface area contributed by atoms with Gasteiger partial charge in [-0.1, -0.05) is 59.7 Å². The summed E-state index contributed by atoms with van der Waals surface area (Å²) in [6.45, 7) is 14.9. The number of piperidine rings is 1. The van der Waals surface area contributed by atoms with Crippen molar-refractivity contribution in [1.29, 1.82) is 0 Å². The van der Waals surface area contributed by atoms with Crippen molar-refractivity contribution in [2.24, 2.45) is 5.92 Å². The molecule has 0 radical (unpaired) electrons. The molecule has 1 aromatic rings. The van der Waals surface area contributed by atoms with Crippen LogP contribution >= 0.6 is 0 Å². The van der Waals surface area contributed by atoms with Crippen LogP contribution in [0.3, 0.4) is 0 Å². The molecule has 2 saturated heterocycles. The number of amides is 4. The summed E-state index contributed by atoms with van der Waals surface area (Å²) in [6, 6.07) is 5.57. The van der Waals surface area contributed by atoms with Gasteiger partial charge in [-0.3, -0.25) is 14.5 Å². The molecule has 0 saturated carbocycles. The van der Waals surface area contributed by atoms with Crippen molar-refractivity contribution in [3.8, 4) is 0 Å². The van der Waals surface area contributed by atoms with Gasteiger partial charge in [-0.25, -0.2) is 4.79 Å². The number of carbonyl (C=O) groups excluding carboxylic acids is 3. The van der Waals surface area contributed by atoms with Crippen LogP contribution in [-0.2, 0) is 9.59 Å². The molecule has 1 spiro atoms. The Labute approximate surface area is 191 Å². The maximum atomic E-state index is 13.2. The normalized spacial score (nSPS) is 18.8. The fourth-order valence-electron chi connectivity index (χ4n) is 4.81. The Morgan fingerprint density at radius 2 is 1.59 bits per heavy atom. The van der Waals surface area contributed by atoms with Gasteiger partial charge in [0.1, 0.15) is 12.1 Å². The van der Waals surface area contributed by atoms with Crippen LogP contribution in [0.4, 0.5) is 10.5 Å². The quantitative estimate of drug-likeness (QED) is 0.627. The molecule has 0 aliphatic carbocycles. The number of anilines is 1. The van der Waals surface area contributed by atoms with Gasteiger partial charge in [0.2, 0.25) is 5.91 Å². The highest BCUT2D eigenvalue weighted by Crippen LogP contribution is 2.33. The number of rotatable bonds is 7. The number of imide groups is 1. The molecule has 2 fully saturated rings. The first-order chi connectivity index (χ1) is 15.0. The molecule has 2 heterocycles. The lowest BCUT2D eigenvalue weighted by Crippen LogP contribution is -2.55. The molecule has 3 rings (SSSR count). The smallest absolute Gasteiger partial charge is 0.324 e. The zero-order valence-corrected chi connectivity index (χ0v) is 20.3. The molecular weight excluding hydrogens is 404 g/mol. The summed E-state index contributed by atoms with van der Waals surface area (Å²) in [5.41, 5.74) is 2.03. The summed E-state index contributed by atoms with van der Waals surface area (Å²) < 4.78 is 0. The monoisotopic (exact) mass is 442 g/mol. The Kier molecular flexibility index (Phi) is 7.28. The predicted octanol–water partition coefficient (Wildman–Crippen LogP) is 3.91. The molecule has 0 unspecified atom stereocenters. The highest BCUT2D eigenvalue weighted by Gasteiger charge is 2.52. The van der Waals surface area contributed by atoms with Gasteiger partial charge in [0.25, 0.3) is 5.91 Å². The number of benzene rings is 1. The van der Waals surface area contributed by atoms with E-state index in [1.807, 2.05) is 18.2 Å². The van der Waals surface area contributed by atoms with Crippen molar-refractivity contribution in [3.63, 3.8) is 0 Å². The first kappa shape index (κ1) is 24.2. The molecule has 4 amide bonds. The summed E-state index contributed by atoms with van der Waals surface area (Å²) in [6.07, 6.45) is 1.16. The van der Waals surface area contributed by atoms with Gasteiger partial charge in [0, 0.05) is 25.3 Å². The topological polar surface area (TPSA) is 81.8 Å². The minimum atomic E-state index is -0.871. The molecule has 0 atom stereocenters. The van der Waals surface area contributed by atoms with Crippen molar-refractivity contribution < 1.29 is 14.4 Å². The van der Waals surface area contributed by atoms with E-state index in [1.54, 1.807) is 0 Å². The van der Waals surface area contributed by atoms with Crippen LogP contribution in [0, 0.1) is 5.92 Å². The minimum Gasteiger partial charge on any atom is -0.324 e. The van der Waals surface area contributed by atoms with E-state index < -0.39 is 11.6 Å². The van der Waals surface area contributed by atoms with E-state index in [4.69, 9.17) is 0 Å². The number of hydrogen-bond donors (Lipinski definition) is 2. The molecule has 7 heteroatoms. The van der Waals surface area contributed by atoms with Gasteiger partial charge < -0.3 is 15.5 Å². The van der Waals surface area contributed by atoms with Gasteiger partial charge in [0.15, 0.2) is 0 Å². The lowest BCUT2D eigenvalue weighted by molar-refractivity contribution is -0.135. The summed E-state index contributed by atoms with van der Waals surface area (Å²) >= 11 is 0. The number of nitrogens with zero attached hydrogens (tertiary/aromatic N) is 2. The highest BCUT2D eigenvalue weighted by molar-refractivity contribution is 6.10. The fourth-order valence-corrected chi connectivity index (χ4v) is 4.81. The molecule has 2 N–H and O–H groups in total. The second kappa shape index (κ2) is 9.61. The van der Waals surface area contributed by atoms with Crippen molar-refractivity contribution in [1.82, 2.24) is 15.1 Å². The van der Waals surface area contributed by atoms with E-state index >= 15 is 0 Å². The van der Waals surface area contributed by atoms with E-state index in [9.17, 15) is 14.4 Å². The van der Waals surface area contributed by atoms with E-state index in [0.29, 0.717) is 18.8 Å². The van der Waals surface area contributed by atoms with Crippen molar-refractivity contribution in [2.45, 2.75) is 71.8 Å². The summed E-state index contributed by atoms with van der Waals surface area (Å²) in [7, 11) is 0. The molecule has 2 aliphatic heterocycles. The Morgan fingerprint density at radius 1 is 1.03 bits per heavy atom. The first-order valence-corrected chi connectivity index (χ1v) is 11.8. The number of likely N-dealkylation sites (tertiary alicyclic amines) is 1. The average molecular weight is 443 g/mol. The fraction of sp³-hybridized carbons (Fsp3) is 0.640. The maximum absolute atomic E-state index is 13.2. The van der Waals surface area contributed by atoms with Gasteiger partial charge >= 0.3 is 6.03 Å². The Morgan fingerprint density at radius 3 is 2.09 bits per heavy atom. The third-order valence-corrected chi connectivity index (χ3v) is 6.52. The molecule has 1 aromatic carbocycles. The number of urea groups is 1. The molecule has 7 nitrogen and oxygen atoms in total. The predicted molar refractivity (Wildman–Crippen MR) is 127 cm³/mol. The molecule has 32 heavy (non-hydrogen) atoms. The van der Waals surface area contributed by atoms with E-state index in [0.717, 1.165) is 41.3 Å². The summed E-state index contributed by atoms with van der Waals surface area (Å²) in [5.74, 6) is 0.406. The van der Waals surface area contributed by atoms with Gasteiger partial charge in [-0.05, 0) is 41.7 Å². The second-order valence-electron chi connectivity index (χ2n) is 10.3. The van der Waals surface area contributed by atoms with Crippen molar-refractivity contribution in [2.75, 3.05) is 31.5 Å². The summed E-state index contributed by atoms with van der Waals surface area (Å²) in [5, 5.41) is 5.91. The van der Waals surface area contributed by atoms with Crippen LogP contribution in [0.2, 0.25) is 0 Å². The molecule has 176 valence electrons. The highest BCUT2D eigenvalue weighted by atomic mass is 16.2. The standard InChI is InChI=1S/C25H38N4O3/c1-16(2)14-28-12-10-25(11-13-28)23(31)29(24(32)27-25)15-21(30)26-22-19(17(3)4)8-7-9-20(22)18(5)6/h7-9,16-18H,10-15H2,1-6H3,(H,26,30)(H,27,32). The van der Waals surface area contributed by atoms with Crippen LogP contribution in [-0.4, -0.2) is 59.4 Å². The zero-order chi connectivity index (χ0) is 23.6. The average Bonchev–Trinajstić information content (AvgIpc) is 2.93. The zero-order valence-electron chi connectivity index (χ0n) is 20.3. The second-order valence-corrected chi connectivity index (χ2v) is 10.3. The van der Waals surface area contributed by atoms with E-state index in [1.165, 1.54) is 0 Å². The van der Waals surface area contributed by atoms with Gasteiger partial charge in [0.05, 0.1) is 0 Å². The van der Waals surface area contributed by atoms with Crippen LogP contribution in [0.25, 0.3) is 0 Å². The van der Waals surface area contributed by atoms with Crippen LogP contribution in [0.1, 0.15) is 77.3 Å². The largest absolute Gasteiger partial charge is 0.325 e. The van der Waals surface area contributed by atoms with Gasteiger partial charge in [-0.15, -0.1) is 0 Å². The Bertz CT molecular complexity index is 844. The number of nitrogens with one attached hydrogen (secondary N) is 2. The first-order valence-electron chi connectivity index (χ1n) is 11.8. The van der Waals surface area contributed by atoms with E-state index in [2.05, 4.69) is 57.1 Å². The molecule has 0 bridgehead atoms. The number of carbonyl (C=O) groups is 3.